The van der Waals surface area contributed by atoms with Gasteiger partial charge in [-0.05, 0) is 48.7 Å². The van der Waals surface area contributed by atoms with Gasteiger partial charge in [0.1, 0.15) is 5.75 Å². The average Bonchev–Trinajstić information content (AvgIpc) is 2.50. The smallest absolute Gasteiger partial charge is 0.323 e. The second-order valence-electron chi connectivity index (χ2n) is 5.28. The SMILES string of the molecule is CCOc1ccc(NC(=O)Nc2ccccc2C(C)C)cc1. The minimum atomic E-state index is -0.253. The predicted octanol–water partition coefficient (Wildman–Crippen LogP) is 4.85. The summed E-state index contributed by atoms with van der Waals surface area (Å²) in [7, 11) is 0. The van der Waals surface area contributed by atoms with Gasteiger partial charge in [0.05, 0.1) is 6.61 Å². The molecule has 0 atom stereocenters. The van der Waals surface area contributed by atoms with E-state index in [4.69, 9.17) is 4.74 Å². The van der Waals surface area contributed by atoms with E-state index in [-0.39, 0.29) is 6.03 Å². The summed E-state index contributed by atoms with van der Waals surface area (Å²) < 4.78 is 5.38. The Kier molecular flexibility index (Phi) is 5.42. The van der Waals surface area contributed by atoms with Gasteiger partial charge in [0, 0.05) is 11.4 Å². The van der Waals surface area contributed by atoms with E-state index in [1.165, 1.54) is 0 Å². The molecule has 116 valence electrons. The van der Waals surface area contributed by atoms with Crippen LogP contribution in [0.25, 0.3) is 0 Å². The minimum Gasteiger partial charge on any atom is -0.494 e. The van der Waals surface area contributed by atoms with Crippen molar-refractivity contribution in [1.29, 1.82) is 0 Å². The molecule has 2 aromatic carbocycles. The zero-order valence-corrected chi connectivity index (χ0v) is 13.2. The number of ether oxygens (including phenoxy) is 1. The third kappa shape index (κ3) is 4.25. The fourth-order valence-corrected chi connectivity index (χ4v) is 2.20. The van der Waals surface area contributed by atoms with Crippen molar-refractivity contribution < 1.29 is 9.53 Å². The maximum atomic E-state index is 12.1. The summed E-state index contributed by atoms with van der Waals surface area (Å²) in [6, 6.07) is 14.9. The lowest BCUT2D eigenvalue weighted by Gasteiger charge is -2.14. The van der Waals surface area contributed by atoms with Gasteiger partial charge in [-0.3, -0.25) is 0 Å². The van der Waals surface area contributed by atoms with E-state index in [0.717, 1.165) is 22.7 Å². The van der Waals surface area contributed by atoms with Crippen LogP contribution in [0.2, 0.25) is 0 Å². The first-order chi connectivity index (χ1) is 10.6. The third-order valence-electron chi connectivity index (χ3n) is 3.25. The molecule has 0 heterocycles. The van der Waals surface area contributed by atoms with Crippen molar-refractivity contribution in [2.75, 3.05) is 17.2 Å². The summed E-state index contributed by atoms with van der Waals surface area (Å²) in [5.41, 5.74) is 2.67. The van der Waals surface area contributed by atoms with Crippen LogP contribution in [0.15, 0.2) is 48.5 Å². The lowest BCUT2D eigenvalue weighted by molar-refractivity contribution is 0.262. The molecular formula is C18H22N2O2. The number of hydrogen-bond donors (Lipinski definition) is 2. The topological polar surface area (TPSA) is 50.4 Å². The van der Waals surface area contributed by atoms with Gasteiger partial charge in [-0.1, -0.05) is 32.0 Å². The molecule has 0 fully saturated rings. The van der Waals surface area contributed by atoms with Gasteiger partial charge in [-0.15, -0.1) is 0 Å². The van der Waals surface area contributed by atoms with Crippen LogP contribution >= 0.6 is 0 Å². The number of amides is 2. The molecule has 2 amide bonds. The standard InChI is InChI=1S/C18H22N2O2/c1-4-22-15-11-9-14(10-12-15)19-18(21)20-17-8-6-5-7-16(17)13(2)3/h5-13H,4H2,1-3H3,(H2,19,20,21). The maximum absolute atomic E-state index is 12.1. The second kappa shape index (κ2) is 7.50. The Hall–Kier alpha value is -2.49. The number of nitrogens with one attached hydrogen (secondary N) is 2. The molecule has 2 rings (SSSR count). The highest BCUT2D eigenvalue weighted by molar-refractivity contribution is 6.00. The first-order valence-corrected chi connectivity index (χ1v) is 7.50. The number of rotatable bonds is 5. The number of benzene rings is 2. The summed E-state index contributed by atoms with van der Waals surface area (Å²) in [6.45, 7) is 6.76. The Bertz CT molecular complexity index is 621. The summed E-state index contributed by atoms with van der Waals surface area (Å²) >= 11 is 0. The molecule has 0 aromatic heterocycles. The number of urea groups is 1. The van der Waals surface area contributed by atoms with Gasteiger partial charge in [-0.2, -0.15) is 0 Å². The Labute approximate surface area is 131 Å². The molecule has 4 heteroatoms. The van der Waals surface area contributed by atoms with Crippen LogP contribution in [-0.4, -0.2) is 12.6 Å². The molecule has 2 aromatic rings. The molecule has 0 radical (unpaired) electrons. The maximum Gasteiger partial charge on any atom is 0.323 e. The number of anilines is 2. The molecule has 0 aliphatic heterocycles. The van der Waals surface area contributed by atoms with Gasteiger partial charge in [0.25, 0.3) is 0 Å². The first kappa shape index (κ1) is 15.9. The van der Waals surface area contributed by atoms with E-state index < -0.39 is 0 Å². The van der Waals surface area contributed by atoms with E-state index >= 15 is 0 Å². The fraction of sp³-hybridized carbons (Fsp3) is 0.278. The van der Waals surface area contributed by atoms with Crippen molar-refractivity contribution in [1.82, 2.24) is 0 Å². The molecule has 0 spiro atoms. The van der Waals surface area contributed by atoms with Gasteiger partial charge >= 0.3 is 6.03 Å². The molecule has 4 nitrogen and oxygen atoms in total. The highest BCUT2D eigenvalue weighted by Gasteiger charge is 2.09. The van der Waals surface area contributed by atoms with Gasteiger partial charge in [0.2, 0.25) is 0 Å². The number of hydrogen-bond acceptors (Lipinski definition) is 2. The van der Waals surface area contributed by atoms with Crippen LogP contribution in [0, 0.1) is 0 Å². The van der Waals surface area contributed by atoms with Crippen LogP contribution < -0.4 is 15.4 Å². The molecule has 0 bridgehead atoms. The van der Waals surface area contributed by atoms with E-state index in [2.05, 4.69) is 24.5 Å². The molecule has 22 heavy (non-hydrogen) atoms. The summed E-state index contributed by atoms with van der Waals surface area (Å²) in [4.78, 5) is 12.1. The van der Waals surface area contributed by atoms with E-state index in [0.29, 0.717) is 12.5 Å². The molecule has 0 unspecified atom stereocenters. The summed E-state index contributed by atoms with van der Waals surface area (Å²) in [5, 5.41) is 5.72. The normalized spacial score (nSPS) is 10.4. The quantitative estimate of drug-likeness (QED) is 0.828. The monoisotopic (exact) mass is 298 g/mol. The zero-order valence-electron chi connectivity index (χ0n) is 13.2. The molecule has 2 N–H and O–H groups in total. The largest absolute Gasteiger partial charge is 0.494 e. The highest BCUT2D eigenvalue weighted by Crippen LogP contribution is 2.24. The first-order valence-electron chi connectivity index (χ1n) is 7.50. The highest BCUT2D eigenvalue weighted by atomic mass is 16.5. The van der Waals surface area contributed by atoms with Crippen molar-refractivity contribution in [2.24, 2.45) is 0 Å². The lowest BCUT2D eigenvalue weighted by Crippen LogP contribution is -2.20. The van der Waals surface area contributed by atoms with Crippen LogP contribution in [-0.2, 0) is 0 Å². The summed E-state index contributed by atoms with van der Waals surface area (Å²) in [6.07, 6.45) is 0. The minimum absolute atomic E-state index is 0.253. The van der Waals surface area contributed by atoms with Crippen molar-refractivity contribution in [3.8, 4) is 5.75 Å². The van der Waals surface area contributed by atoms with Crippen LogP contribution in [0.1, 0.15) is 32.3 Å². The van der Waals surface area contributed by atoms with Gasteiger partial charge < -0.3 is 15.4 Å². The molecule has 0 aliphatic rings. The number of para-hydroxylation sites is 1. The van der Waals surface area contributed by atoms with Gasteiger partial charge in [0.15, 0.2) is 0 Å². The molecule has 0 saturated heterocycles. The molecule has 0 aliphatic carbocycles. The second-order valence-corrected chi connectivity index (χ2v) is 5.28. The van der Waals surface area contributed by atoms with Crippen molar-refractivity contribution >= 4 is 17.4 Å². The predicted molar refractivity (Wildman–Crippen MR) is 90.8 cm³/mol. The van der Waals surface area contributed by atoms with Crippen LogP contribution in [0.5, 0.6) is 5.75 Å². The Morgan fingerprint density at radius 3 is 2.36 bits per heavy atom. The van der Waals surface area contributed by atoms with E-state index in [9.17, 15) is 4.79 Å². The Morgan fingerprint density at radius 2 is 1.73 bits per heavy atom. The van der Waals surface area contributed by atoms with Crippen LogP contribution in [0.3, 0.4) is 0 Å². The Balaban J connectivity index is 2.01. The number of carbonyl (C=O) groups is 1. The van der Waals surface area contributed by atoms with Crippen molar-refractivity contribution in [3.63, 3.8) is 0 Å². The summed E-state index contributed by atoms with van der Waals surface area (Å²) in [5.74, 6) is 1.14. The fourth-order valence-electron chi connectivity index (χ4n) is 2.20. The molecular weight excluding hydrogens is 276 g/mol. The zero-order chi connectivity index (χ0) is 15.9. The van der Waals surface area contributed by atoms with E-state index in [1.54, 1.807) is 0 Å². The average molecular weight is 298 g/mol. The molecule has 0 saturated carbocycles. The Morgan fingerprint density at radius 1 is 1.05 bits per heavy atom. The van der Waals surface area contributed by atoms with Crippen molar-refractivity contribution in [2.45, 2.75) is 26.7 Å². The van der Waals surface area contributed by atoms with E-state index in [1.807, 2.05) is 55.5 Å². The van der Waals surface area contributed by atoms with Gasteiger partial charge in [-0.25, -0.2) is 4.79 Å². The number of carbonyl (C=O) groups excluding carboxylic acids is 1. The lowest BCUT2D eigenvalue weighted by atomic mass is 10.0. The van der Waals surface area contributed by atoms with Crippen molar-refractivity contribution in [3.05, 3.63) is 54.1 Å². The van der Waals surface area contributed by atoms with Crippen LogP contribution in [0.4, 0.5) is 16.2 Å². The third-order valence-corrected chi connectivity index (χ3v) is 3.25.